The fraction of sp³-hybridized carbons (Fsp3) is 0.286. The van der Waals surface area contributed by atoms with Gasteiger partial charge in [0, 0.05) is 25.0 Å². The first-order valence-electron chi connectivity index (χ1n) is 9.09. The molecule has 0 unspecified atom stereocenters. The number of hydrogen-bond donors (Lipinski definition) is 0. The molecule has 0 saturated heterocycles. The van der Waals surface area contributed by atoms with E-state index in [1.54, 1.807) is 23.7 Å². The first-order valence-corrected chi connectivity index (χ1v) is 9.97. The van der Waals surface area contributed by atoms with Crippen LogP contribution in [0, 0.1) is 6.92 Å². The Morgan fingerprint density at radius 3 is 2.96 bits per heavy atom. The Labute approximate surface area is 163 Å². The maximum atomic E-state index is 5.89. The van der Waals surface area contributed by atoms with Gasteiger partial charge in [-0.15, -0.1) is 11.3 Å². The zero-order valence-electron chi connectivity index (χ0n) is 15.6. The molecule has 0 amide bonds. The Hall–Kier alpha value is -2.73. The first-order chi connectivity index (χ1) is 13.2. The molecule has 3 aromatic heterocycles. The molecule has 0 aliphatic heterocycles. The second-order valence-corrected chi connectivity index (χ2v) is 7.44. The molecule has 3 heterocycles. The molecule has 0 atom stereocenters. The molecule has 5 nitrogen and oxygen atoms in total. The minimum absolute atomic E-state index is 0.616. The maximum Gasteiger partial charge on any atom is 0.163 e. The molecule has 0 bridgehead atoms. The van der Waals surface area contributed by atoms with Crippen LogP contribution in [-0.4, -0.2) is 35.2 Å². The summed E-state index contributed by atoms with van der Waals surface area (Å²) in [6.45, 7) is 3.46. The molecule has 0 spiro atoms. The van der Waals surface area contributed by atoms with Gasteiger partial charge in [0.25, 0.3) is 0 Å². The number of likely N-dealkylation sites (N-methyl/N-ethyl adjacent to an activating group) is 1. The summed E-state index contributed by atoms with van der Waals surface area (Å²) in [5.74, 6) is 2.61. The standard InChI is InChI=1S/C21H22N4OS/c1-15-14-27-19-18(15)23-20(16-7-6-10-22-13-16)24-21(19)25(2)11-12-26-17-8-4-3-5-9-17/h4,6-10,13-14H,3,5,11-12H2,1-2H3. The molecule has 1 aliphatic carbocycles. The number of anilines is 1. The molecule has 0 saturated carbocycles. The van der Waals surface area contributed by atoms with Crippen LogP contribution in [0.25, 0.3) is 21.6 Å². The van der Waals surface area contributed by atoms with Crippen LogP contribution in [0.4, 0.5) is 5.82 Å². The quantitative estimate of drug-likeness (QED) is 0.620. The Morgan fingerprint density at radius 2 is 2.19 bits per heavy atom. The number of aromatic nitrogens is 3. The van der Waals surface area contributed by atoms with Crippen molar-refractivity contribution in [3.63, 3.8) is 0 Å². The Bertz CT molecular complexity index is 994. The summed E-state index contributed by atoms with van der Waals surface area (Å²) in [4.78, 5) is 16.0. The van der Waals surface area contributed by atoms with Crippen LogP contribution in [0.1, 0.15) is 18.4 Å². The van der Waals surface area contributed by atoms with Gasteiger partial charge in [-0.05, 0) is 55.0 Å². The van der Waals surface area contributed by atoms with E-state index in [0.717, 1.165) is 46.7 Å². The Balaban J connectivity index is 1.59. The maximum absolute atomic E-state index is 5.89. The molecule has 0 aromatic carbocycles. The van der Waals surface area contributed by atoms with Crippen molar-refractivity contribution in [3.05, 3.63) is 59.5 Å². The monoisotopic (exact) mass is 378 g/mol. The van der Waals surface area contributed by atoms with Crippen molar-refractivity contribution in [2.24, 2.45) is 0 Å². The van der Waals surface area contributed by atoms with Crippen molar-refractivity contribution in [3.8, 4) is 11.4 Å². The van der Waals surface area contributed by atoms with E-state index in [0.29, 0.717) is 12.4 Å². The highest BCUT2D eigenvalue weighted by Gasteiger charge is 2.16. The van der Waals surface area contributed by atoms with Crippen LogP contribution < -0.4 is 4.90 Å². The molecular weight excluding hydrogens is 356 g/mol. The van der Waals surface area contributed by atoms with Crippen molar-refractivity contribution in [1.82, 2.24) is 15.0 Å². The van der Waals surface area contributed by atoms with Gasteiger partial charge in [0.05, 0.1) is 16.8 Å². The van der Waals surface area contributed by atoms with E-state index in [-0.39, 0.29) is 0 Å². The van der Waals surface area contributed by atoms with Gasteiger partial charge in [-0.3, -0.25) is 4.98 Å². The average Bonchev–Trinajstić information content (AvgIpc) is 3.09. The molecule has 1 aliphatic rings. The average molecular weight is 379 g/mol. The molecular formula is C21H22N4OS. The SMILES string of the molecule is Cc1csc2c(N(C)CCOC3=CCCC=C3)nc(-c3cccnc3)nc12. The summed E-state index contributed by atoms with van der Waals surface area (Å²) >= 11 is 1.69. The summed E-state index contributed by atoms with van der Waals surface area (Å²) in [5, 5.41) is 2.14. The molecule has 3 aromatic rings. The smallest absolute Gasteiger partial charge is 0.163 e. The Morgan fingerprint density at radius 1 is 1.26 bits per heavy atom. The van der Waals surface area contributed by atoms with Crippen LogP contribution in [0.3, 0.4) is 0 Å². The van der Waals surface area contributed by atoms with E-state index in [4.69, 9.17) is 14.7 Å². The minimum Gasteiger partial charge on any atom is -0.492 e. The van der Waals surface area contributed by atoms with E-state index in [9.17, 15) is 0 Å². The number of nitrogens with zero attached hydrogens (tertiary/aromatic N) is 4. The summed E-state index contributed by atoms with van der Waals surface area (Å²) in [6.07, 6.45) is 12.1. The fourth-order valence-corrected chi connectivity index (χ4v) is 4.03. The third-order valence-corrected chi connectivity index (χ3v) is 5.60. The topological polar surface area (TPSA) is 51.1 Å². The van der Waals surface area contributed by atoms with Crippen LogP contribution in [-0.2, 0) is 4.74 Å². The van der Waals surface area contributed by atoms with Crippen LogP contribution in [0.2, 0.25) is 0 Å². The number of aryl methyl sites for hydroxylation is 1. The molecule has 0 radical (unpaired) electrons. The largest absolute Gasteiger partial charge is 0.492 e. The number of allylic oxidation sites excluding steroid dienone is 3. The highest BCUT2D eigenvalue weighted by Crippen LogP contribution is 2.33. The molecule has 6 heteroatoms. The summed E-state index contributed by atoms with van der Waals surface area (Å²) in [6, 6.07) is 3.90. The third-order valence-electron chi connectivity index (χ3n) is 4.51. The Kier molecular flexibility index (Phi) is 5.16. The normalized spacial score (nSPS) is 13.6. The lowest BCUT2D eigenvalue weighted by Crippen LogP contribution is -2.24. The predicted molar refractivity (Wildman–Crippen MR) is 111 cm³/mol. The highest BCUT2D eigenvalue weighted by atomic mass is 32.1. The van der Waals surface area contributed by atoms with Gasteiger partial charge in [-0.1, -0.05) is 6.08 Å². The second kappa shape index (κ2) is 7.88. The third kappa shape index (κ3) is 3.85. The summed E-state index contributed by atoms with van der Waals surface area (Å²) in [7, 11) is 2.05. The number of pyridine rings is 1. The summed E-state index contributed by atoms with van der Waals surface area (Å²) in [5.41, 5.74) is 3.11. The fourth-order valence-electron chi connectivity index (χ4n) is 3.00. The first kappa shape index (κ1) is 17.7. The van der Waals surface area contributed by atoms with E-state index in [1.807, 2.05) is 12.1 Å². The zero-order valence-corrected chi connectivity index (χ0v) is 16.4. The zero-order chi connectivity index (χ0) is 18.6. The van der Waals surface area contributed by atoms with Crippen molar-refractivity contribution >= 4 is 27.4 Å². The van der Waals surface area contributed by atoms with Crippen LogP contribution in [0.5, 0.6) is 0 Å². The second-order valence-electron chi connectivity index (χ2n) is 6.57. The molecule has 27 heavy (non-hydrogen) atoms. The lowest BCUT2D eigenvalue weighted by molar-refractivity contribution is 0.230. The van der Waals surface area contributed by atoms with Gasteiger partial charge in [0.2, 0.25) is 0 Å². The van der Waals surface area contributed by atoms with Crippen molar-refractivity contribution in [2.75, 3.05) is 25.1 Å². The van der Waals surface area contributed by atoms with Crippen LogP contribution >= 0.6 is 11.3 Å². The number of thiophene rings is 1. The highest BCUT2D eigenvalue weighted by molar-refractivity contribution is 7.18. The van der Waals surface area contributed by atoms with E-state index in [1.165, 1.54) is 5.56 Å². The number of rotatable bonds is 6. The number of hydrogen-bond acceptors (Lipinski definition) is 6. The predicted octanol–water partition coefficient (Wildman–Crippen LogP) is 4.75. The van der Waals surface area contributed by atoms with Gasteiger partial charge in [0.1, 0.15) is 12.4 Å². The van der Waals surface area contributed by atoms with Crippen molar-refractivity contribution < 1.29 is 4.74 Å². The van der Waals surface area contributed by atoms with E-state index in [2.05, 4.69) is 47.5 Å². The lowest BCUT2D eigenvalue weighted by atomic mass is 10.2. The lowest BCUT2D eigenvalue weighted by Gasteiger charge is -2.20. The van der Waals surface area contributed by atoms with Gasteiger partial charge in [-0.25, -0.2) is 9.97 Å². The molecule has 0 fully saturated rings. The van der Waals surface area contributed by atoms with Crippen molar-refractivity contribution in [2.45, 2.75) is 19.8 Å². The number of fused-ring (bicyclic) bond motifs is 1. The van der Waals surface area contributed by atoms with Crippen molar-refractivity contribution in [1.29, 1.82) is 0 Å². The summed E-state index contributed by atoms with van der Waals surface area (Å²) < 4.78 is 7.00. The van der Waals surface area contributed by atoms with Gasteiger partial charge in [-0.2, -0.15) is 0 Å². The van der Waals surface area contributed by atoms with E-state index < -0.39 is 0 Å². The molecule has 0 N–H and O–H groups in total. The molecule has 138 valence electrons. The van der Waals surface area contributed by atoms with Gasteiger partial charge < -0.3 is 9.64 Å². The number of ether oxygens (including phenoxy) is 1. The molecule has 4 rings (SSSR count). The van der Waals surface area contributed by atoms with Crippen LogP contribution in [0.15, 0.2) is 53.9 Å². The van der Waals surface area contributed by atoms with Gasteiger partial charge >= 0.3 is 0 Å². The van der Waals surface area contributed by atoms with Gasteiger partial charge in [0.15, 0.2) is 11.6 Å². The van der Waals surface area contributed by atoms with E-state index >= 15 is 0 Å². The minimum atomic E-state index is 0.616.